The summed E-state index contributed by atoms with van der Waals surface area (Å²) in [6, 6.07) is 29.9. The predicted octanol–water partition coefficient (Wildman–Crippen LogP) is 5.47. The molecule has 1 N–H and O–H groups in total. The average molecular weight is 347 g/mol. The first-order chi connectivity index (χ1) is 11.8. The molecule has 0 bridgehead atoms. The maximum absolute atomic E-state index is 9.75. The monoisotopic (exact) mass is 347 g/mol. The highest BCUT2D eigenvalue weighted by Crippen LogP contribution is 2.15. The van der Waals surface area contributed by atoms with Crippen LogP contribution in [0.2, 0.25) is 0 Å². The number of para-hydroxylation sites is 2. The Labute approximate surface area is 144 Å². The normalized spacial score (nSPS) is 11.0. The van der Waals surface area contributed by atoms with E-state index in [1.165, 1.54) is 27.5 Å². The molecule has 0 radical (unpaired) electrons. The first-order valence-electron chi connectivity index (χ1n) is 7.77. The van der Waals surface area contributed by atoms with Crippen molar-refractivity contribution < 1.29 is 22.2 Å². The molecule has 3 rings (SSSR count). The van der Waals surface area contributed by atoms with E-state index < -0.39 is 7.25 Å². The molecular formula is C19H18BF4N. The Kier molecular flexibility index (Phi) is 6.36. The maximum atomic E-state index is 9.75. The first kappa shape index (κ1) is 18.7. The van der Waals surface area contributed by atoms with Crippen molar-refractivity contribution in [1.82, 2.24) is 0 Å². The van der Waals surface area contributed by atoms with Crippen LogP contribution in [0.1, 0.15) is 5.56 Å². The summed E-state index contributed by atoms with van der Waals surface area (Å²) in [7, 11) is -6.00. The summed E-state index contributed by atoms with van der Waals surface area (Å²) in [6.07, 6.45) is 0. The molecule has 130 valence electrons. The van der Waals surface area contributed by atoms with Crippen molar-refractivity contribution in [2.45, 2.75) is 6.92 Å². The van der Waals surface area contributed by atoms with Gasteiger partial charge in [-0.2, -0.15) is 0 Å². The third-order valence-electron chi connectivity index (χ3n) is 3.47. The number of rotatable bonds is 3. The molecule has 0 fully saturated rings. The van der Waals surface area contributed by atoms with Crippen molar-refractivity contribution >= 4 is 24.3 Å². The Morgan fingerprint density at radius 1 is 0.560 bits per heavy atom. The Morgan fingerprint density at radius 3 is 1.24 bits per heavy atom. The quantitative estimate of drug-likeness (QED) is 0.473. The zero-order chi connectivity index (χ0) is 18.3. The molecule has 0 atom stereocenters. The third kappa shape index (κ3) is 6.43. The van der Waals surface area contributed by atoms with E-state index >= 15 is 0 Å². The van der Waals surface area contributed by atoms with E-state index in [0.717, 1.165) is 0 Å². The zero-order valence-electron chi connectivity index (χ0n) is 13.7. The fourth-order valence-corrected chi connectivity index (χ4v) is 2.43. The van der Waals surface area contributed by atoms with E-state index in [4.69, 9.17) is 0 Å². The molecule has 0 unspecified atom stereocenters. The minimum atomic E-state index is -6.00. The van der Waals surface area contributed by atoms with E-state index in [-0.39, 0.29) is 0 Å². The summed E-state index contributed by atoms with van der Waals surface area (Å²) < 4.78 is 39.0. The molecule has 0 saturated carbocycles. The van der Waals surface area contributed by atoms with Crippen LogP contribution < -0.4 is 4.90 Å². The van der Waals surface area contributed by atoms with Crippen LogP contribution in [0.25, 0.3) is 0 Å². The van der Waals surface area contributed by atoms with Crippen LogP contribution in [0, 0.1) is 6.92 Å². The Balaban J connectivity index is 0.000000399. The van der Waals surface area contributed by atoms with E-state index in [2.05, 4.69) is 91.9 Å². The smallest absolute Gasteiger partial charge is 0.418 e. The van der Waals surface area contributed by atoms with Gasteiger partial charge in [0.25, 0.3) is 0 Å². The standard InChI is InChI=1S/C19H17N.BF4/c1-16-12-14-19(15-13-16)20(17-8-4-2-5-9-17)18-10-6-3-7-11-18;2-1(3,4)5/h2-15H,1H3;/q;-1/p+1. The fourth-order valence-electron chi connectivity index (χ4n) is 2.43. The van der Waals surface area contributed by atoms with Crippen LogP contribution in [-0.2, 0) is 0 Å². The summed E-state index contributed by atoms with van der Waals surface area (Å²) in [5.41, 5.74) is 5.05. The van der Waals surface area contributed by atoms with Crippen molar-refractivity contribution in [3.05, 3.63) is 90.5 Å². The lowest BCUT2D eigenvalue weighted by Gasteiger charge is -2.18. The fraction of sp³-hybridized carbons (Fsp3) is 0.0526. The maximum Gasteiger partial charge on any atom is 0.673 e. The van der Waals surface area contributed by atoms with Gasteiger partial charge in [-0.3, -0.25) is 0 Å². The summed E-state index contributed by atoms with van der Waals surface area (Å²) in [5, 5.41) is 0. The van der Waals surface area contributed by atoms with Gasteiger partial charge in [0.15, 0.2) is 0 Å². The molecule has 25 heavy (non-hydrogen) atoms. The van der Waals surface area contributed by atoms with E-state index in [1.54, 1.807) is 0 Å². The van der Waals surface area contributed by atoms with Gasteiger partial charge >= 0.3 is 7.25 Å². The minimum Gasteiger partial charge on any atom is -0.418 e. The Hall–Kier alpha value is -2.60. The largest absolute Gasteiger partial charge is 0.673 e. The highest BCUT2D eigenvalue weighted by molar-refractivity contribution is 6.50. The Bertz CT molecular complexity index is 713. The third-order valence-corrected chi connectivity index (χ3v) is 3.47. The molecule has 0 amide bonds. The van der Waals surface area contributed by atoms with E-state index in [9.17, 15) is 17.3 Å². The highest BCUT2D eigenvalue weighted by atomic mass is 19.5. The molecule has 0 spiro atoms. The minimum absolute atomic E-state index is 1.25. The molecule has 0 aliphatic rings. The summed E-state index contributed by atoms with van der Waals surface area (Å²) in [6.45, 7) is 2.12. The van der Waals surface area contributed by atoms with Gasteiger partial charge in [0.2, 0.25) is 0 Å². The lowest BCUT2D eigenvalue weighted by Crippen LogP contribution is -2.96. The van der Waals surface area contributed by atoms with E-state index in [0.29, 0.717) is 0 Å². The van der Waals surface area contributed by atoms with Crippen molar-refractivity contribution in [2.24, 2.45) is 0 Å². The molecule has 3 aromatic carbocycles. The van der Waals surface area contributed by atoms with Crippen molar-refractivity contribution in [3.8, 4) is 0 Å². The van der Waals surface area contributed by atoms with Gasteiger partial charge in [-0.25, -0.2) is 4.90 Å². The Morgan fingerprint density at radius 2 is 0.880 bits per heavy atom. The second-order valence-corrected chi connectivity index (χ2v) is 5.47. The molecule has 0 aromatic heterocycles. The molecule has 0 aliphatic heterocycles. The number of quaternary nitrogens is 1. The van der Waals surface area contributed by atoms with Crippen LogP contribution in [0.4, 0.5) is 34.3 Å². The molecule has 0 aliphatic carbocycles. The number of benzene rings is 3. The molecule has 6 heteroatoms. The number of nitrogens with one attached hydrogen (secondary N) is 1. The summed E-state index contributed by atoms with van der Waals surface area (Å²) in [5.74, 6) is 0. The van der Waals surface area contributed by atoms with Crippen molar-refractivity contribution in [3.63, 3.8) is 0 Å². The van der Waals surface area contributed by atoms with Gasteiger partial charge in [0.1, 0.15) is 17.1 Å². The summed E-state index contributed by atoms with van der Waals surface area (Å²) >= 11 is 0. The summed E-state index contributed by atoms with van der Waals surface area (Å²) in [4.78, 5) is 1.28. The number of aryl methyl sites for hydroxylation is 1. The van der Waals surface area contributed by atoms with Gasteiger partial charge in [-0.05, 0) is 31.2 Å². The zero-order valence-corrected chi connectivity index (χ0v) is 13.7. The first-order valence-corrected chi connectivity index (χ1v) is 7.77. The average Bonchev–Trinajstić information content (AvgIpc) is 2.57. The van der Waals surface area contributed by atoms with Gasteiger partial charge in [-0.1, -0.05) is 54.1 Å². The van der Waals surface area contributed by atoms with Gasteiger partial charge in [-0.15, -0.1) is 0 Å². The predicted molar refractivity (Wildman–Crippen MR) is 94.2 cm³/mol. The van der Waals surface area contributed by atoms with Crippen LogP contribution in [0.5, 0.6) is 0 Å². The number of halogens is 4. The highest BCUT2D eigenvalue weighted by Gasteiger charge is 2.20. The number of hydrogen-bond acceptors (Lipinski definition) is 0. The molecule has 3 aromatic rings. The topological polar surface area (TPSA) is 4.44 Å². The van der Waals surface area contributed by atoms with Crippen LogP contribution in [-0.4, -0.2) is 7.25 Å². The van der Waals surface area contributed by atoms with Gasteiger partial charge in [0.05, 0.1) is 0 Å². The molecule has 0 saturated heterocycles. The van der Waals surface area contributed by atoms with Crippen LogP contribution in [0.3, 0.4) is 0 Å². The lowest BCUT2D eigenvalue weighted by molar-refractivity contribution is -0.681. The molecule has 1 nitrogen and oxygen atoms in total. The second-order valence-electron chi connectivity index (χ2n) is 5.47. The van der Waals surface area contributed by atoms with Gasteiger partial charge < -0.3 is 17.3 Å². The second kappa shape index (κ2) is 8.49. The van der Waals surface area contributed by atoms with Crippen molar-refractivity contribution in [2.75, 3.05) is 0 Å². The lowest BCUT2D eigenvalue weighted by atomic mass is 10.1. The van der Waals surface area contributed by atoms with Crippen LogP contribution in [0.15, 0.2) is 84.9 Å². The van der Waals surface area contributed by atoms with Crippen molar-refractivity contribution in [1.29, 1.82) is 0 Å². The number of hydrogen-bond donors (Lipinski definition) is 1. The molecule has 0 heterocycles. The van der Waals surface area contributed by atoms with Gasteiger partial charge in [0, 0.05) is 12.1 Å². The van der Waals surface area contributed by atoms with E-state index in [1.807, 2.05) is 0 Å². The molecular weight excluding hydrogens is 329 g/mol. The SMILES string of the molecule is Cc1ccc([NH+](c2ccccc2)c2ccccc2)cc1.F[B-](F)(F)F. The van der Waals surface area contributed by atoms with Crippen LogP contribution >= 0.6 is 0 Å².